The van der Waals surface area contributed by atoms with Crippen LogP contribution < -0.4 is 0 Å². The lowest BCUT2D eigenvalue weighted by atomic mass is 9.95. The predicted octanol–water partition coefficient (Wildman–Crippen LogP) is 13.7. The third-order valence-corrected chi connectivity index (χ3v) is 10.5. The third kappa shape index (κ3) is 5.53. The number of aromatic nitrogens is 3. The highest BCUT2D eigenvalue weighted by Crippen LogP contribution is 2.42. The van der Waals surface area contributed by atoms with E-state index < -0.39 is 0 Å². The molecule has 11 aromatic rings. The molecule has 0 aliphatic rings. The van der Waals surface area contributed by atoms with Gasteiger partial charge in [0, 0.05) is 43.8 Å². The molecule has 0 saturated heterocycles. The Balaban J connectivity index is 1.04. The number of nitrogens with zero attached hydrogens (tertiary/aromatic N) is 3. The van der Waals surface area contributed by atoms with Crippen molar-refractivity contribution < 1.29 is 8.83 Å². The van der Waals surface area contributed by atoms with Crippen molar-refractivity contribution in [3.63, 3.8) is 0 Å². The van der Waals surface area contributed by atoms with Crippen LogP contribution >= 0.6 is 0 Å². The van der Waals surface area contributed by atoms with Crippen LogP contribution in [0.3, 0.4) is 0 Å². The fourth-order valence-corrected chi connectivity index (χ4v) is 7.74. The molecule has 0 saturated carbocycles. The lowest BCUT2D eigenvalue weighted by Crippen LogP contribution is -2.00. The second-order valence-corrected chi connectivity index (χ2v) is 14.0. The molecule has 0 N–H and O–H groups in total. The van der Waals surface area contributed by atoms with E-state index in [1.807, 2.05) is 60.7 Å². The summed E-state index contributed by atoms with van der Waals surface area (Å²) in [6.07, 6.45) is 0. The minimum atomic E-state index is 0.576. The maximum Gasteiger partial charge on any atom is 0.164 e. The highest BCUT2D eigenvalue weighted by molar-refractivity contribution is 6.13. The molecular formula is C51H31N3O2. The molecule has 0 aliphatic heterocycles. The summed E-state index contributed by atoms with van der Waals surface area (Å²) in [5, 5.41) is 4.23. The maximum absolute atomic E-state index is 6.54. The van der Waals surface area contributed by atoms with Crippen molar-refractivity contribution in [3.8, 4) is 67.5 Å². The summed E-state index contributed by atoms with van der Waals surface area (Å²) in [5.74, 6) is 1.79. The van der Waals surface area contributed by atoms with Gasteiger partial charge in [-0.25, -0.2) is 15.0 Å². The molecule has 3 heterocycles. The van der Waals surface area contributed by atoms with E-state index in [4.69, 9.17) is 23.8 Å². The van der Waals surface area contributed by atoms with Gasteiger partial charge in [0.15, 0.2) is 17.5 Å². The maximum atomic E-state index is 6.54. The first-order valence-electron chi connectivity index (χ1n) is 18.7. The standard InChI is InChI=1S/C51H31N3O2/c1-4-13-32(14-5-1)35-19-12-20-37(27-35)50-52-49(34-17-8-3-9-18-34)53-51(54-50)38-23-25-41-43-28-36(24-26-46(43)55-47(41)31-38)42-29-39(33-15-6-2-7-16-33)30-44-40-21-10-11-22-45(40)56-48(42)44/h1-31H. The molecule has 5 heteroatoms. The highest BCUT2D eigenvalue weighted by atomic mass is 16.3. The van der Waals surface area contributed by atoms with Gasteiger partial charge in [-0.3, -0.25) is 0 Å². The Morgan fingerprint density at radius 3 is 1.55 bits per heavy atom. The average Bonchev–Trinajstić information content (AvgIpc) is 3.84. The predicted molar refractivity (Wildman–Crippen MR) is 227 cm³/mol. The van der Waals surface area contributed by atoms with E-state index in [1.165, 1.54) is 0 Å². The molecule has 0 bridgehead atoms. The van der Waals surface area contributed by atoms with E-state index in [9.17, 15) is 0 Å². The van der Waals surface area contributed by atoms with Gasteiger partial charge in [0.25, 0.3) is 0 Å². The van der Waals surface area contributed by atoms with Crippen molar-refractivity contribution in [3.05, 3.63) is 188 Å². The summed E-state index contributed by atoms with van der Waals surface area (Å²) in [5.41, 5.74) is 12.6. The average molecular weight is 718 g/mol. The molecule has 0 amide bonds. The molecule has 5 nitrogen and oxygen atoms in total. The molecule has 0 spiro atoms. The summed E-state index contributed by atoms with van der Waals surface area (Å²) < 4.78 is 13.1. The van der Waals surface area contributed by atoms with Gasteiger partial charge in [0.1, 0.15) is 22.3 Å². The molecule has 0 aliphatic carbocycles. The van der Waals surface area contributed by atoms with Crippen LogP contribution in [-0.2, 0) is 0 Å². The van der Waals surface area contributed by atoms with E-state index in [0.29, 0.717) is 17.5 Å². The van der Waals surface area contributed by atoms with Crippen LogP contribution in [0.25, 0.3) is 111 Å². The Kier molecular flexibility index (Phi) is 7.42. The summed E-state index contributed by atoms with van der Waals surface area (Å²) in [6, 6.07) is 64.6. The topological polar surface area (TPSA) is 65.0 Å². The number of para-hydroxylation sites is 1. The molecule has 11 rings (SSSR count). The van der Waals surface area contributed by atoms with Crippen LogP contribution in [0.1, 0.15) is 0 Å². The number of furan rings is 2. The Morgan fingerprint density at radius 2 is 0.804 bits per heavy atom. The molecular weight excluding hydrogens is 687 g/mol. The fraction of sp³-hybridized carbons (Fsp3) is 0. The molecule has 8 aromatic carbocycles. The smallest absolute Gasteiger partial charge is 0.164 e. The third-order valence-electron chi connectivity index (χ3n) is 10.5. The zero-order valence-electron chi connectivity index (χ0n) is 30.1. The van der Waals surface area contributed by atoms with Crippen LogP contribution in [0.4, 0.5) is 0 Å². The van der Waals surface area contributed by atoms with Crippen molar-refractivity contribution >= 4 is 43.9 Å². The van der Waals surface area contributed by atoms with Gasteiger partial charge < -0.3 is 8.83 Å². The minimum Gasteiger partial charge on any atom is -0.456 e. The minimum absolute atomic E-state index is 0.576. The first kappa shape index (κ1) is 31.9. The van der Waals surface area contributed by atoms with Gasteiger partial charge >= 0.3 is 0 Å². The molecule has 0 fully saturated rings. The summed E-state index contributed by atoms with van der Waals surface area (Å²) in [7, 11) is 0. The number of hydrogen-bond acceptors (Lipinski definition) is 5. The number of benzene rings is 8. The van der Waals surface area contributed by atoms with Crippen molar-refractivity contribution in [2.75, 3.05) is 0 Å². The SMILES string of the molecule is c1ccc(-c2cccc(-c3nc(-c4ccccc4)nc(-c4ccc5c(c4)oc4ccc(-c6cc(-c7ccccc7)cc7c6oc6ccccc67)cc45)n3)c2)cc1. The molecule has 56 heavy (non-hydrogen) atoms. The second kappa shape index (κ2) is 13.0. The zero-order valence-corrected chi connectivity index (χ0v) is 30.1. The number of hydrogen-bond donors (Lipinski definition) is 0. The van der Waals surface area contributed by atoms with Crippen LogP contribution in [0, 0.1) is 0 Å². The fourth-order valence-electron chi connectivity index (χ4n) is 7.74. The van der Waals surface area contributed by atoms with E-state index in [2.05, 4.69) is 127 Å². The van der Waals surface area contributed by atoms with Crippen LogP contribution in [0.5, 0.6) is 0 Å². The molecule has 0 unspecified atom stereocenters. The highest BCUT2D eigenvalue weighted by Gasteiger charge is 2.18. The van der Waals surface area contributed by atoms with Crippen molar-refractivity contribution in [2.24, 2.45) is 0 Å². The molecule has 0 radical (unpaired) electrons. The Bertz CT molecular complexity index is 3240. The Morgan fingerprint density at radius 1 is 0.268 bits per heavy atom. The van der Waals surface area contributed by atoms with Gasteiger partial charge in [0.05, 0.1) is 0 Å². The quantitative estimate of drug-likeness (QED) is 0.171. The number of rotatable bonds is 6. The van der Waals surface area contributed by atoms with Crippen LogP contribution in [-0.4, -0.2) is 15.0 Å². The summed E-state index contributed by atoms with van der Waals surface area (Å²) in [4.78, 5) is 15.0. The molecule has 3 aromatic heterocycles. The van der Waals surface area contributed by atoms with Gasteiger partial charge in [-0.1, -0.05) is 140 Å². The normalized spacial score (nSPS) is 11.6. The lowest BCUT2D eigenvalue weighted by Gasteiger charge is -2.10. The second-order valence-electron chi connectivity index (χ2n) is 14.0. The molecule has 262 valence electrons. The van der Waals surface area contributed by atoms with E-state index in [1.54, 1.807) is 0 Å². The van der Waals surface area contributed by atoms with Gasteiger partial charge in [0.2, 0.25) is 0 Å². The Labute approximate surface area is 322 Å². The zero-order chi connectivity index (χ0) is 37.0. The Hall–Kier alpha value is -7.63. The van der Waals surface area contributed by atoms with Crippen molar-refractivity contribution in [1.82, 2.24) is 15.0 Å². The van der Waals surface area contributed by atoms with Crippen molar-refractivity contribution in [2.45, 2.75) is 0 Å². The largest absolute Gasteiger partial charge is 0.456 e. The monoisotopic (exact) mass is 717 g/mol. The van der Waals surface area contributed by atoms with E-state index >= 15 is 0 Å². The molecule has 0 atom stereocenters. The van der Waals surface area contributed by atoms with Gasteiger partial charge in [-0.15, -0.1) is 0 Å². The van der Waals surface area contributed by atoms with Crippen LogP contribution in [0.2, 0.25) is 0 Å². The number of fused-ring (bicyclic) bond motifs is 6. The first-order valence-corrected chi connectivity index (χ1v) is 18.7. The van der Waals surface area contributed by atoms with E-state index in [-0.39, 0.29) is 0 Å². The van der Waals surface area contributed by atoms with Crippen LogP contribution in [0.15, 0.2) is 197 Å². The van der Waals surface area contributed by atoms with E-state index in [0.717, 1.165) is 93.9 Å². The van der Waals surface area contributed by atoms with Crippen molar-refractivity contribution in [1.29, 1.82) is 0 Å². The first-order chi connectivity index (χ1) is 27.7. The summed E-state index contributed by atoms with van der Waals surface area (Å²) >= 11 is 0. The van der Waals surface area contributed by atoms with Gasteiger partial charge in [-0.05, 0) is 76.3 Å². The lowest BCUT2D eigenvalue weighted by molar-refractivity contribution is 0.668. The van der Waals surface area contributed by atoms with Gasteiger partial charge in [-0.2, -0.15) is 0 Å². The summed E-state index contributed by atoms with van der Waals surface area (Å²) in [6.45, 7) is 0.